The zero-order valence-electron chi connectivity index (χ0n) is 11.1. The first-order valence-electron chi connectivity index (χ1n) is 6.21. The number of aryl methyl sites for hydroxylation is 3. The molecule has 0 fully saturated rings. The fourth-order valence-corrected chi connectivity index (χ4v) is 1.96. The summed E-state index contributed by atoms with van der Waals surface area (Å²) in [6, 6.07) is 8.12. The van der Waals surface area contributed by atoms with Gasteiger partial charge in [0.1, 0.15) is 5.82 Å². The molecule has 1 aromatic heterocycles. The molecule has 0 atom stereocenters. The monoisotopic (exact) mass is 259 g/mol. The van der Waals surface area contributed by atoms with E-state index in [0.717, 1.165) is 5.82 Å². The van der Waals surface area contributed by atoms with Gasteiger partial charge in [0.05, 0.1) is 6.42 Å². The predicted octanol–water partition coefficient (Wildman–Crippen LogP) is 1.73. The molecule has 2 rings (SSSR count). The molecule has 0 saturated carbocycles. The molecule has 100 valence electrons. The normalized spacial score (nSPS) is 10.6. The van der Waals surface area contributed by atoms with Gasteiger partial charge in [-0.1, -0.05) is 24.3 Å². The minimum atomic E-state index is -0.816. The summed E-state index contributed by atoms with van der Waals surface area (Å²) in [5.74, 6) is 0.631. The number of aromatic nitrogens is 3. The van der Waals surface area contributed by atoms with Gasteiger partial charge in [0.2, 0.25) is 0 Å². The Bertz CT molecular complexity index is 590. The second kappa shape index (κ2) is 5.65. The van der Waals surface area contributed by atoms with Crippen molar-refractivity contribution in [2.24, 2.45) is 7.05 Å². The second-order valence-corrected chi connectivity index (χ2v) is 4.56. The average Bonchev–Trinajstić information content (AvgIpc) is 2.70. The van der Waals surface area contributed by atoms with Crippen molar-refractivity contribution in [3.05, 3.63) is 47.0 Å². The van der Waals surface area contributed by atoms with Gasteiger partial charge in [-0.15, -0.1) is 0 Å². The summed E-state index contributed by atoms with van der Waals surface area (Å²) >= 11 is 0. The maximum atomic E-state index is 10.6. The van der Waals surface area contributed by atoms with Crippen molar-refractivity contribution in [3.63, 3.8) is 0 Å². The van der Waals surface area contributed by atoms with Crippen LogP contribution in [0.5, 0.6) is 0 Å². The van der Waals surface area contributed by atoms with Gasteiger partial charge in [-0.2, -0.15) is 5.10 Å². The minimum Gasteiger partial charge on any atom is -0.481 e. The lowest BCUT2D eigenvalue weighted by Gasteiger charge is -2.01. The zero-order chi connectivity index (χ0) is 13.8. The molecule has 0 amide bonds. The number of carboxylic acids is 1. The molecule has 5 heteroatoms. The topological polar surface area (TPSA) is 68.0 Å². The average molecular weight is 259 g/mol. The van der Waals surface area contributed by atoms with Gasteiger partial charge in [-0.25, -0.2) is 4.98 Å². The Kier molecular flexibility index (Phi) is 3.94. The first-order chi connectivity index (χ1) is 9.06. The van der Waals surface area contributed by atoms with Crippen molar-refractivity contribution in [2.75, 3.05) is 0 Å². The van der Waals surface area contributed by atoms with Crippen molar-refractivity contribution in [2.45, 2.75) is 26.2 Å². The van der Waals surface area contributed by atoms with E-state index in [4.69, 9.17) is 5.11 Å². The van der Waals surface area contributed by atoms with Crippen LogP contribution in [0.4, 0.5) is 0 Å². The summed E-state index contributed by atoms with van der Waals surface area (Å²) in [7, 11) is 1.80. The first kappa shape index (κ1) is 13.3. The zero-order valence-corrected chi connectivity index (χ0v) is 11.1. The third-order valence-corrected chi connectivity index (χ3v) is 3.07. The summed E-state index contributed by atoms with van der Waals surface area (Å²) in [6.07, 6.45) is 1.16. The molecule has 0 aliphatic heterocycles. The van der Waals surface area contributed by atoms with Crippen molar-refractivity contribution < 1.29 is 9.90 Å². The van der Waals surface area contributed by atoms with E-state index in [1.54, 1.807) is 11.7 Å². The van der Waals surface area contributed by atoms with E-state index in [0.29, 0.717) is 18.7 Å². The summed E-state index contributed by atoms with van der Waals surface area (Å²) < 4.78 is 1.66. The van der Waals surface area contributed by atoms with E-state index in [1.165, 1.54) is 11.1 Å². The SMILES string of the molecule is Cc1ccccc1Cc1nc(CCC(=O)O)n(C)n1. The molecule has 1 N–H and O–H groups in total. The lowest BCUT2D eigenvalue weighted by Crippen LogP contribution is -2.03. The lowest BCUT2D eigenvalue weighted by atomic mass is 10.1. The highest BCUT2D eigenvalue weighted by atomic mass is 16.4. The smallest absolute Gasteiger partial charge is 0.303 e. The molecule has 0 radical (unpaired) electrons. The standard InChI is InChI=1S/C14H17N3O2/c1-10-5-3-4-6-11(10)9-12-15-13(17(2)16-12)7-8-14(18)19/h3-6H,7-9H2,1-2H3,(H,18,19). The van der Waals surface area contributed by atoms with Crippen LogP contribution in [0.2, 0.25) is 0 Å². The van der Waals surface area contributed by atoms with Gasteiger partial charge < -0.3 is 5.11 Å². The lowest BCUT2D eigenvalue weighted by molar-refractivity contribution is -0.137. The van der Waals surface area contributed by atoms with Crippen LogP contribution in [-0.2, 0) is 24.7 Å². The Morgan fingerprint density at radius 2 is 2.11 bits per heavy atom. The number of hydrogen-bond acceptors (Lipinski definition) is 3. The van der Waals surface area contributed by atoms with E-state index in [9.17, 15) is 4.79 Å². The summed E-state index contributed by atoms with van der Waals surface area (Å²) in [5, 5.41) is 13.0. The fraction of sp³-hybridized carbons (Fsp3) is 0.357. The highest BCUT2D eigenvalue weighted by Gasteiger charge is 2.10. The van der Waals surface area contributed by atoms with Crippen LogP contribution in [0.1, 0.15) is 29.2 Å². The van der Waals surface area contributed by atoms with Crippen LogP contribution >= 0.6 is 0 Å². The fourth-order valence-electron chi connectivity index (χ4n) is 1.96. The Morgan fingerprint density at radius 3 is 2.79 bits per heavy atom. The molecule has 2 aromatic rings. The van der Waals surface area contributed by atoms with E-state index in [-0.39, 0.29) is 6.42 Å². The van der Waals surface area contributed by atoms with Crippen LogP contribution < -0.4 is 0 Å². The number of carboxylic acid groups (broad SMARTS) is 1. The van der Waals surface area contributed by atoms with Crippen LogP contribution in [0.15, 0.2) is 24.3 Å². The van der Waals surface area contributed by atoms with Crippen LogP contribution in [0, 0.1) is 6.92 Å². The van der Waals surface area contributed by atoms with Crippen molar-refractivity contribution in [1.82, 2.24) is 14.8 Å². The minimum absolute atomic E-state index is 0.0797. The summed E-state index contributed by atoms with van der Waals surface area (Å²) in [5.41, 5.74) is 2.40. The molecule has 0 spiro atoms. The second-order valence-electron chi connectivity index (χ2n) is 4.56. The van der Waals surface area contributed by atoms with Crippen LogP contribution in [0.3, 0.4) is 0 Å². The number of aliphatic carboxylic acids is 1. The number of carbonyl (C=O) groups is 1. The maximum absolute atomic E-state index is 10.6. The van der Waals surface area contributed by atoms with Gasteiger partial charge >= 0.3 is 5.97 Å². The van der Waals surface area contributed by atoms with Crippen molar-refractivity contribution in [3.8, 4) is 0 Å². The third-order valence-electron chi connectivity index (χ3n) is 3.07. The summed E-state index contributed by atoms with van der Waals surface area (Å²) in [4.78, 5) is 15.0. The molecule has 0 unspecified atom stereocenters. The number of hydrogen-bond donors (Lipinski definition) is 1. The number of rotatable bonds is 5. The molecular formula is C14H17N3O2. The molecule has 19 heavy (non-hydrogen) atoms. The van der Waals surface area contributed by atoms with Gasteiger partial charge in [-0.3, -0.25) is 9.48 Å². The Morgan fingerprint density at radius 1 is 1.37 bits per heavy atom. The summed E-state index contributed by atoms with van der Waals surface area (Å²) in [6.45, 7) is 2.06. The van der Waals surface area contributed by atoms with E-state index in [1.807, 2.05) is 12.1 Å². The third kappa shape index (κ3) is 3.40. The van der Waals surface area contributed by atoms with Gasteiger partial charge in [0.15, 0.2) is 5.82 Å². The number of nitrogens with zero attached hydrogens (tertiary/aromatic N) is 3. The van der Waals surface area contributed by atoms with E-state index in [2.05, 4.69) is 29.1 Å². The highest BCUT2D eigenvalue weighted by molar-refractivity contribution is 5.66. The molecule has 1 aromatic carbocycles. The molecule has 5 nitrogen and oxygen atoms in total. The van der Waals surface area contributed by atoms with Crippen molar-refractivity contribution in [1.29, 1.82) is 0 Å². The van der Waals surface area contributed by atoms with Gasteiger partial charge in [-0.05, 0) is 18.1 Å². The maximum Gasteiger partial charge on any atom is 0.303 e. The van der Waals surface area contributed by atoms with Crippen molar-refractivity contribution >= 4 is 5.97 Å². The molecule has 0 aliphatic carbocycles. The Labute approximate surface area is 111 Å². The molecule has 0 bridgehead atoms. The highest BCUT2D eigenvalue weighted by Crippen LogP contribution is 2.12. The van der Waals surface area contributed by atoms with E-state index < -0.39 is 5.97 Å². The van der Waals surface area contributed by atoms with Gasteiger partial charge in [0, 0.05) is 19.9 Å². The first-order valence-corrected chi connectivity index (χ1v) is 6.21. The Balaban J connectivity index is 2.12. The van der Waals surface area contributed by atoms with E-state index >= 15 is 0 Å². The number of benzene rings is 1. The quantitative estimate of drug-likeness (QED) is 0.888. The molecular weight excluding hydrogens is 242 g/mol. The van der Waals surface area contributed by atoms with Crippen LogP contribution in [-0.4, -0.2) is 25.8 Å². The molecule has 0 aliphatic rings. The van der Waals surface area contributed by atoms with Crippen LogP contribution in [0.25, 0.3) is 0 Å². The Hall–Kier alpha value is -2.17. The largest absolute Gasteiger partial charge is 0.481 e. The van der Waals surface area contributed by atoms with Gasteiger partial charge in [0.25, 0.3) is 0 Å². The predicted molar refractivity (Wildman–Crippen MR) is 70.9 cm³/mol. The molecule has 0 saturated heterocycles. The molecule has 1 heterocycles.